The lowest BCUT2D eigenvalue weighted by atomic mass is 10.1. The van der Waals surface area contributed by atoms with E-state index < -0.39 is 5.91 Å². The highest BCUT2D eigenvalue weighted by molar-refractivity contribution is 9.11. The van der Waals surface area contributed by atoms with E-state index in [-0.39, 0.29) is 5.57 Å². The van der Waals surface area contributed by atoms with Crippen LogP contribution >= 0.6 is 31.9 Å². The second-order valence-corrected chi connectivity index (χ2v) is 7.71. The first-order chi connectivity index (χ1) is 12.9. The van der Waals surface area contributed by atoms with Gasteiger partial charge in [0.1, 0.15) is 17.4 Å². The molecule has 0 saturated carbocycles. The minimum atomic E-state index is -0.467. The van der Waals surface area contributed by atoms with Gasteiger partial charge in [-0.3, -0.25) is 4.79 Å². The Labute approximate surface area is 176 Å². The molecule has 27 heavy (non-hydrogen) atoms. The Kier molecular flexibility index (Phi) is 8.08. The molecule has 6 heteroatoms. The number of carbonyl (C=O) groups is 1. The number of carbonyl (C=O) groups excluding carboxylic acids is 1. The maximum atomic E-state index is 12.5. The summed E-state index contributed by atoms with van der Waals surface area (Å²) in [4.78, 5) is 12.5. The Morgan fingerprint density at radius 3 is 2.41 bits per heavy atom. The first-order valence-corrected chi connectivity index (χ1v) is 10.1. The van der Waals surface area contributed by atoms with Crippen LogP contribution in [0.1, 0.15) is 30.9 Å². The average Bonchev–Trinajstić information content (AvgIpc) is 2.64. The first-order valence-electron chi connectivity index (χ1n) is 8.56. The Balaban J connectivity index is 2.14. The predicted octanol–water partition coefficient (Wildman–Crippen LogP) is 6.24. The Bertz CT molecular complexity index is 861. The van der Waals surface area contributed by atoms with Gasteiger partial charge in [0.05, 0.1) is 12.3 Å². The molecule has 0 spiro atoms. The lowest BCUT2D eigenvalue weighted by Crippen LogP contribution is -2.14. The monoisotopic (exact) mass is 490 g/mol. The van der Waals surface area contributed by atoms with Gasteiger partial charge in [0.25, 0.3) is 5.91 Å². The Morgan fingerprint density at radius 1 is 1.22 bits per heavy atom. The number of nitrogens with one attached hydrogen (secondary N) is 1. The van der Waals surface area contributed by atoms with Crippen LogP contribution in [0.15, 0.2) is 50.9 Å². The van der Waals surface area contributed by atoms with Crippen molar-refractivity contribution < 1.29 is 9.53 Å². The van der Waals surface area contributed by atoms with Crippen molar-refractivity contribution in [3.63, 3.8) is 0 Å². The summed E-state index contributed by atoms with van der Waals surface area (Å²) in [5.41, 5.74) is 2.41. The molecule has 0 aliphatic heterocycles. The van der Waals surface area contributed by atoms with Crippen molar-refractivity contribution in [2.45, 2.75) is 26.7 Å². The molecule has 4 nitrogen and oxygen atoms in total. The van der Waals surface area contributed by atoms with E-state index in [1.165, 1.54) is 0 Å². The molecule has 0 saturated heterocycles. The second kappa shape index (κ2) is 10.3. The number of unbranched alkanes of at least 4 members (excludes halogenated alkanes) is 1. The maximum absolute atomic E-state index is 12.5. The summed E-state index contributed by atoms with van der Waals surface area (Å²) < 4.78 is 7.11. The zero-order valence-electron chi connectivity index (χ0n) is 15.2. The van der Waals surface area contributed by atoms with Gasteiger partial charge in [0, 0.05) is 8.95 Å². The van der Waals surface area contributed by atoms with Gasteiger partial charge in [-0.25, -0.2) is 0 Å². The first kappa shape index (κ1) is 21.2. The molecule has 0 atom stereocenters. The molecule has 0 aliphatic rings. The minimum absolute atomic E-state index is 0.0222. The molecule has 0 radical (unpaired) electrons. The summed E-state index contributed by atoms with van der Waals surface area (Å²) in [6.45, 7) is 4.74. The molecule has 0 unspecified atom stereocenters. The van der Waals surface area contributed by atoms with Crippen molar-refractivity contribution in [1.29, 1.82) is 5.26 Å². The number of rotatable bonds is 7. The van der Waals surface area contributed by atoms with Crippen molar-refractivity contribution in [2.75, 3.05) is 11.9 Å². The molecule has 140 valence electrons. The summed E-state index contributed by atoms with van der Waals surface area (Å²) in [7, 11) is 0. The van der Waals surface area contributed by atoms with Gasteiger partial charge >= 0.3 is 0 Å². The average molecular weight is 492 g/mol. The van der Waals surface area contributed by atoms with E-state index in [9.17, 15) is 10.1 Å². The fourth-order valence-corrected chi connectivity index (χ4v) is 3.92. The maximum Gasteiger partial charge on any atom is 0.266 e. The molecule has 0 aromatic heterocycles. The zero-order valence-corrected chi connectivity index (χ0v) is 18.4. The van der Waals surface area contributed by atoms with Crippen LogP contribution in [0.5, 0.6) is 5.75 Å². The van der Waals surface area contributed by atoms with Crippen LogP contribution in [0, 0.1) is 18.3 Å². The SMILES string of the molecule is CCCCOc1ccc(/C=C(\C#N)C(=O)Nc2c(Br)cc(C)cc2Br)cc1. The molecule has 0 aliphatic carbocycles. The van der Waals surface area contributed by atoms with Gasteiger partial charge in [-0.2, -0.15) is 5.26 Å². The van der Waals surface area contributed by atoms with Crippen LogP contribution in [0.4, 0.5) is 5.69 Å². The highest BCUT2D eigenvalue weighted by Crippen LogP contribution is 2.32. The van der Waals surface area contributed by atoms with E-state index in [1.807, 2.05) is 49.4 Å². The number of hydrogen-bond acceptors (Lipinski definition) is 3. The van der Waals surface area contributed by atoms with Crippen LogP contribution in [0.2, 0.25) is 0 Å². The van der Waals surface area contributed by atoms with Gasteiger partial charge in [0.15, 0.2) is 0 Å². The quantitative estimate of drug-likeness (QED) is 0.283. The van der Waals surface area contributed by atoms with Crippen LogP contribution in [-0.2, 0) is 4.79 Å². The number of anilines is 1. The van der Waals surface area contributed by atoms with E-state index in [4.69, 9.17) is 4.74 Å². The van der Waals surface area contributed by atoms with Gasteiger partial charge in [-0.05, 0) is 86.7 Å². The highest BCUT2D eigenvalue weighted by Gasteiger charge is 2.14. The minimum Gasteiger partial charge on any atom is -0.494 e. The van der Waals surface area contributed by atoms with Crippen molar-refractivity contribution in [1.82, 2.24) is 0 Å². The predicted molar refractivity (Wildman–Crippen MR) is 116 cm³/mol. The van der Waals surface area contributed by atoms with Gasteiger partial charge in [-0.15, -0.1) is 0 Å². The molecule has 1 amide bonds. The molecule has 0 fully saturated rings. The summed E-state index contributed by atoms with van der Waals surface area (Å²) >= 11 is 6.87. The van der Waals surface area contributed by atoms with Gasteiger partial charge in [-0.1, -0.05) is 25.5 Å². The van der Waals surface area contributed by atoms with E-state index in [0.717, 1.165) is 38.7 Å². The van der Waals surface area contributed by atoms with Crippen LogP contribution in [0.3, 0.4) is 0 Å². The van der Waals surface area contributed by atoms with E-state index in [1.54, 1.807) is 6.08 Å². The lowest BCUT2D eigenvalue weighted by Gasteiger charge is -2.10. The Hall–Kier alpha value is -2.10. The number of nitriles is 1. The molecule has 1 N–H and O–H groups in total. The van der Waals surface area contributed by atoms with Crippen molar-refractivity contribution in [2.24, 2.45) is 0 Å². The summed E-state index contributed by atoms with van der Waals surface area (Å²) in [5.74, 6) is 0.308. The van der Waals surface area contributed by atoms with Crippen molar-refractivity contribution in [3.8, 4) is 11.8 Å². The Morgan fingerprint density at radius 2 is 1.85 bits per heavy atom. The van der Waals surface area contributed by atoms with Crippen molar-refractivity contribution in [3.05, 3.63) is 62.0 Å². The highest BCUT2D eigenvalue weighted by atomic mass is 79.9. The molecule has 2 aromatic rings. The molecule has 2 rings (SSSR count). The fraction of sp³-hybridized carbons (Fsp3) is 0.238. The smallest absolute Gasteiger partial charge is 0.266 e. The third kappa shape index (κ3) is 6.23. The van der Waals surface area contributed by atoms with Crippen molar-refractivity contribution >= 4 is 49.5 Å². The number of halogens is 2. The number of amides is 1. The largest absolute Gasteiger partial charge is 0.494 e. The van der Waals surface area contributed by atoms with E-state index in [0.29, 0.717) is 12.3 Å². The second-order valence-electron chi connectivity index (χ2n) is 6.00. The van der Waals surface area contributed by atoms with Crippen LogP contribution < -0.4 is 10.1 Å². The summed E-state index contributed by atoms with van der Waals surface area (Å²) in [6.07, 6.45) is 3.64. The van der Waals surface area contributed by atoms with Crippen LogP contribution in [0.25, 0.3) is 6.08 Å². The molecule has 0 heterocycles. The van der Waals surface area contributed by atoms with Crippen LogP contribution in [-0.4, -0.2) is 12.5 Å². The third-order valence-corrected chi connectivity index (χ3v) is 5.00. The molecule has 0 bridgehead atoms. The third-order valence-electron chi connectivity index (χ3n) is 3.75. The van der Waals surface area contributed by atoms with E-state index >= 15 is 0 Å². The fourth-order valence-electron chi connectivity index (χ4n) is 2.31. The standard InChI is InChI=1S/C21H20Br2N2O2/c1-3-4-9-27-17-7-5-15(6-8-17)12-16(13-24)21(26)25-20-18(22)10-14(2)11-19(20)23/h5-8,10-12H,3-4,9H2,1-2H3,(H,25,26)/b16-12+. The van der Waals surface area contributed by atoms with Gasteiger partial charge in [0.2, 0.25) is 0 Å². The molecular formula is C21H20Br2N2O2. The van der Waals surface area contributed by atoms with E-state index in [2.05, 4.69) is 44.1 Å². The number of benzene rings is 2. The molecular weight excluding hydrogens is 472 g/mol. The summed E-state index contributed by atoms with van der Waals surface area (Å²) in [5, 5.41) is 12.2. The number of ether oxygens (including phenoxy) is 1. The summed E-state index contributed by atoms with van der Waals surface area (Å²) in [6, 6.07) is 13.1. The lowest BCUT2D eigenvalue weighted by molar-refractivity contribution is -0.112. The zero-order chi connectivity index (χ0) is 19.8. The number of hydrogen-bond donors (Lipinski definition) is 1. The number of aryl methyl sites for hydroxylation is 1. The number of nitrogens with zero attached hydrogens (tertiary/aromatic N) is 1. The topological polar surface area (TPSA) is 62.1 Å². The van der Waals surface area contributed by atoms with Gasteiger partial charge < -0.3 is 10.1 Å². The normalized spacial score (nSPS) is 11.0. The molecule has 2 aromatic carbocycles.